The van der Waals surface area contributed by atoms with Gasteiger partial charge in [-0.05, 0) is 92.2 Å². The Kier molecular flexibility index (Phi) is 6.81. The minimum Gasteiger partial charge on any atom is -0.369 e. The molecule has 6 heteroatoms. The third kappa shape index (κ3) is 5.07. The van der Waals surface area contributed by atoms with E-state index in [2.05, 4.69) is 46.2 Å². The number of carbonyl (C=O) groups excluding carboxylic acids is 1. The Labute approximate surface area is 213 Å². The molecule has 0 saturated carbocycles. The lowest BCUT2D eigenvalue weighted by molar-refractivity contribution is 0.0933. The molecule has 0 radical (unpaired) electrons. The summed E-state index contributed by atoms with van der Waals surface area (Å²) in [5.74, 6) is -0.0618. The van der Waals surface area contributed by atoms with Gasteiger partial charge < -0.3 is 15.1 Å². The van der Waals surface area contributed by atoms with Crippen molar-refractivity contribution in [3.8, 4) is 11.1 Å². The standard InChI is InChI=1S/C29H33ClN4O/c1-19-4-9-28(34-12-10-33(3)11-13-34)27-16-24(6-8-26(19)27)32-29(35)22-15-21(17-31-18-22)25-7-5-23(30)14-20(25)2/h4-5,7,9,14-15,17-18,24H,6,8,10-13,16H2,1-3H3,(H,32,35)/t24-/m1/s1. The second-order valence-electron chi connectivity index (χ2n) is 9.98. The van der Waals surface area contributed by atoms with E-state index in [1.807, 2.05) is 31.2 Å². The van der Waals surface area contributed by atoms with Crippen LogP contribution in [0.5, 0.6) is 0 Å². The molecule has 35 heavy (non-hydrogen) atoms. The van der Waals surface area contributed by atoms with Crippen LogP contribution < -0.4 is 10.2 Å². The van der Waals surface area contributed by atoms with Crippen molar-refractivity contribution in [3.63, 3.8) is 0 Å². The molecule has 1 amide bonds. The number of fused-ring (bicyclic) bond motifs is 1. The predicted molar refractivity (Wildman–Crippen MR) is 144 cm³/mol. The maximum atomic E-state index is 13.2. The number of pyridine rings is 1. The van der Waals surface area contributed by atoms with Gasteiger partial charge in [0.25, 0.3) is 5.91 Å². The fraction of sp³-hybridized carbons (Fsp3) is 0.379. The first-order valence-corrected chi connectivity index (χ1v) is 12.8. The van der Waals surface area contributed by atoms with Crippen molar-refractivity contribution in [2.45, 2.75) is 39.2 Å². The van der Waals surface area contributed by atoms with Gasteiger partial charge in [-0.3, -0.25) is 9.78 Å². The van der Waals surface area contributed by atoms with Crippen molar-refractivity contribution < 1.29 is 4.79 Å². The number of carbonyl (C=O) groups is 1. The number of piperazine rings is 1. The average Bonchev–Trinajstić information content (AvgIpc) is 2.85. The zero-order valence-electron chi connectivity index (χ0n) is 20.8. The summed E-state index contributed by atoms with van der Waals surface area (Å²) in [4.78, 5) is 22.5. The lowest BCUT2D eigenvalue weighted by Gasteiger charge is -2.37. The van der Waals surface area contributed by atoms with Crippen molar-refractivity contribution in [1.82, 2.24) is 15.2 Å². The van der Waals surface area contributed by atoms with Crippen LogP contribution in [0.3, 0.4) is 0 Å². The summed E-state index contributed by atoms with van der Waals surface area (Å²) in [7, 11) is 2.19. The van der Waals surface area contributed by atoms with Gasteiger partial charge in [-0.15, -0.1) is 0 Å². The third-order valence-corrected chi connectivity index (χ3v) is 7.75. The number of benzene rings is 2. The monoisotopic (exact) mass is 488 g/mol. The van der Waals surface area contributed by atoms with Crippen molar-refractivity contribution in [2.24, 2.45) is 0 Å². The molecule has 1 saturated heterocycles. The molecule has 0 unspecified atom stereocenters. The molecule has 1 aromatic heterocycles. The van der Waals surface area contributed by atoms with Crippen LogP contribution in [0.1, 0.15) is 39.0 Å². The van der Waals surface area contributed by atoms with Gasteiger partial charge in [-0.1, -0.05) is 23.7 Å². The second-order valence-corrected chi connectivity index (χ2v) is 10.4. The highest BCUT2D eigenvalue weighted by Crippen LogP contribution is 2.34. The zero-order chi connectivity index (χ0) is 24.5. The van der Waals surface area contributed by atoms with Crippen molar-refractivity contribution >= 4 is 23.2 Å². The number of nitrogens with one attached hydrogen (secondary N) is 1. The van der Waals surface area contributed by atoms with Crippen LogP contribution in [0.2, 0.25) is 5.02 Å². The first-order chi connectivity index (χ1) is 16.9. The number of aryl methyl sites for hydroxylation is 2. The first-order valence-electron chi connectivity index (χ1n) is 12.5. The third-order valence-electron chi connectivity index (χ3n) is 7.51. The molecule has 2 aliphatic rings. The SMILES string of the molecule is Cc1cc(Cl)ccc1-c1cncc(C(=O)N[C@@H]2CCc3c(C)ccc(N4CCN(C)CC4)c3C2)c1. The van der Waals surface area contributed by atoms with Crippen molar-refractivity contribution in [1.29, 1.82) is 0 Å². The fourth-order valence-corrected chi connectivity index (χ4v) is 5.67. The van der Waals surface area contributed by atoms with Gasteiger partial charge in [0, 0.05) is 60.9 Å². The number of likely N-dealkylation sites (N-methyl/N-ethyl adjacent to an activating group) is 1. The Morgan fingerprint density at radius 2 is 1.80 bits per heavy atom. The van der Waals surface area contributed by atoms with Crippen LogP contribution in [-0.2, 0) is 12.8 Å². The van der Waals surface area contributed by atoms with Gasteiger partial charge in [0.15, 0.2) is 0 Å². The molecular weight excluding hydrogens is 456 g/mol. The number of hydrogen-bond acceptors (Lipinski definition) is 4. The average molecular weight is 489 g/mol. The van der Waals surface area contributed by atoms with Crippen molar-refractivity contribution in [3.05, 3.63) is 81.6 Å². The zero-order valence-corrected chi connectivity index (χ0v) is 21.5. The van der Waals surface area contributed by atoms with Gasteiger partial charge >= 0.3 is 0 Å². The van der Waals surface area contributed by atoms with Gasteiger partial charge in [0.05, 0.1) is 5.56 Å². The van der Waals surface area contributed by atoms with E-state index in [0.29, 0.717) is 10.6 Å². The summed E-state index contributed by atoms with van der Waals surface area (Å²) in [6.45, 7) is 8.49. The maximum Gasteiger partial charge on any atom is 0.253 e. The smallest absolute Gasteiger partial charge is 0.253 e. The molecule has 0 bridgehead atoms. The number of hydrogen-bond donors (Lipinski definition) is 1. The fourth-order valence-electron chi connectivity index (χ4n) is 5.44. The van der Waals surface area contributed by atoms with E-state index < -0.39 is 0 Å². The van der Waals surface area contributed by atoms with Crippen LogP contribution in [0, 0.1) is 13.8 Å². The molecule has 5 nitrogen and oxygen atoms in total. The van der Waals surface area contributed by atoms with E-state index in [0.717, 1.165) is 62.1 Å². The Morgan fingerprint density at radius 1 is 1.00 bits per heavy atom. The van der Waals surface area contributed by atoms with E-state index in [1.54, 1.807) is 12.4 Å². The van der Waals surface area contributed by atoms with E-state index in [1.165, 1.54) is 22.4 Å². The molecule has 1 aliphatic heterocycles. The molecule has 182 valence electrons. The van der Waals surface area contributed by atoms with E-state index in [4.69, 9.17) is 11.6 Å². The second kappa shape index (κ2) is 10.00. The molecule has 1 atom stereocenters. The lowest BCUT2D eigenvalue weighted by atomic mass is 9.84. The summed E-state index contributed by atoms with van der Waals surface area (Å²) in [5.41, 5.74) is 9.20. The van der Waals surface area contributed by atoms with Crippen LogP contribution >= 0.6 is 11.6 Å². The lowest BCUT2D eigenvalue weighted by Crippen LogP contribution is -2.45. The number of aromatic nitrogens is 1. The Morgan fingerprint density at radius 3 is 2.57 bits per heavy atom. The minimum atomic E-state index is -0.0618. The number of anilines is 1. The largest absolute Gasteiger partial charge is 0.369 e. The summed E-state index contributed by atoms with van der Waals surface area (Å²) < 4.78 is 0. The van der Waals surface area contributed by atoms with E-state index >= 15 is 0 Å². The highest BCUT2D eigenvalue weighted by Gasteiger charge is 2.27. The van der Waals surface area contributed by atoms with Crippen molar-refractivity contribution in [2.75, 3.05) is 38.1 Å². The highest BCUT2D eigenvalue weighted by atomic mass is 35.5. The predicted octanol–water partition coefficient (Wildman–Crippen LogP) is 5.06. The highest BCUT2D eigenvalue weighted by molar-refractivity contribution is 6.30. The Hall–Kier alpha value is -2.89. The molecular formula is C29H33ClN4O. The molecule has 5 rings (SSSR count). The molecule has 3 aromatic rings. The van der Waals surface area contributed by atoms with Gasteiger partial charge in [0.1, 0.15) is 0 Å². The van der Waals surface area contributed by atoms with Crippen LogP contribution in [0.4, 0.5) is 5.69 Å². The first kappa shape index (κ1) is 23.8. The molecule has 2 aromatic carbocycles. The number of nitrogens with zero attached hydrogens (tertiary/aromatic N) is 3. The summed E-state index contributed by atoms with van der Waals surface area (Å²) >= 11 is 6.12. The summed E-state index contributed by atoms with van der Waals surface area (Å²) in [6.07, 6.45) is 6.27. The molecule has 1 N–H and O–H groups in total. The van der Waals surface area contributed by atoms with Crippen LogP contribution in [0.25, 0.3) is 11.1 Å². The molecule has 1 aliphatic carbocycles. The van der Waals surface area contributed by atoms with Crippen LogP contribution in [-0.4, -0.2) is 55.1 Å². The number of amides is 1. The molecule has 2 heterocycles. The normalized spacial score (nSPS) is 18.3. The summed E-state index contributed by atoms with van der Waals surface area (Å²) in [5, 5.41) is 4.01. The van der Waals surface area contributed by atoms with Gasteiger partial charge in [-0.2, -0.15) is 0 Å². The van der Waals surface area contributed by atoms with E-state index in [-0.39, 0.29) is 11.9 Å². The molecule has 1 fully saturated rings. The van der Waals surface area contributed by atoms with Gasteiger partial charge in [0.2, 0.25) is 0 Å². The molecule has 0 spiro atoms. The Bertz CT molecular complexity index is 1250. The topological polar surface area (TPSA) is 48.5 Å². The van der Waals surface area contributed by atoms with Gasteiger partial charge in [-0.25, -0.2) is 0 Å². The Balaban J connectivity index is 1.34. The van der Waals surface area contributed by atoms with Crippen LogP contribution in [0.15, 0.2) is 48.8 Å². The van der Waals surface area contributed by atoms with E-state index in [9.17, 15) is 4.79 Å². The minimum absolute atomic E-state index is 0.0618. The maximum absolute atomic E-state index is 13.2. The quantitative estimate of drug-likeness (QED) is 0.557. The number of rotatable bonds is 4. The number of halogens is 1. The summed E-state index contributed by atoms with van der Waals surface area (Å²) in [6, 6.07) is 12.4.